The van der Waals surface area contributed by atoms with E-state index in [1.54, 1.807) is 6.92 Å². The zero-order valence-electron chi connectivity index (χ0n) is 20.1. The average molecular weight is 435 g/mol. The van der Waals surface area contributed by atoms with Crippen molar-refractivity contribution >= 4 is 0 Å². The lowest BCUT2D eigenvalue weighted by molar-refractivity contribution is -0.0440. The third-order valence-corrected chi connectivity index (χ3v) is 9.71. The largest absolute Gasteiger partial charge is 0.378 e. The van der Waals surface area contributed by atoms with Crippen LogP contribution in [0.2, 0.25) is 0 Å². The van der Waals surface area contributed by atoms with Gasteiger partial charge in [0.05, 0.1) is 12.7 Å². The summed E-state index contributed by atoms with van der Waals surface area (Å²) < 4.78 is 35.3. The fraction of sp³-hybridized carbons (Fsp3) is 0.857. The molecule has 31 heavy (non-hydrogen) atoms. The van der Waals surface area contributed by atoms with Crippen molar-refractivity contribution in [1.82, 2.24) is 0 Å². The summed E-state index contributed by atoms with van der Waals surface area (Å²) in [4.78, 5) is 0. The van der Waals surface area contributed by atoms with Crippen LogP contribution in [-0.4, -0.2) is 12.7 Å². The highest BCUT2D eigenvalue weighted by molar-refractivity contribution is 5.34. The minimum atomic E-state index is -0.622. The maximum absolute atomic E-state index is 14.9. The maximum Gasteiger partial charge on any atom is 0.157 e. The predicted molar refractivity (Wildman–Crippen MR) is 124 cm³/mol. The number of allylic oxidation sites excluding steroid dienone is 4. The van der Waals surface area contributed by atoms with E-state index in [1.807, 2.05) is 13.0 Å². The van der Waals surface area contributed by atoms with Gasteiger partial charge in [-0.2, -0.15) is 0 Å². The van der Waals surface area contributed by atoms with Crippen LogP contribution in [0.4, 0.5) is 8.78 Å². The standard InChI is InChI=1S/C28H44F2O/c1-4-5-25-15-12-23(18-31-25)22-8-6-20(7-9-22)21-10-13-24(14-11-21)28(3)17-16-19(2)26(29)27(28)30/h16,20-25H,4-15,17-18H2,1-3H3. The van der Waals surface area contributed by atoms with Crippen LogP contribution in [0.3, 0.4) is 0 Å². The molecular weight excluding hydrogens is 390 g/mol. The minimum Gasteiger partial charge on any atom is -0.378 e. The molecule has 0 aromatic carbocycles. The molecule has 0 bridgehead atoms. The highest BCUT2D eigenvalue weighted by atomic mass is 19.2. The summed E-state index contributed by atoms with van der Waals surface area (Å²) >= 11 is 0. The molecule has 1 aliphatic heterocycles. The smallest absolute Gasteiger partial charge is 0.157 e. The Kier molecular flexibility index (Phi) is 7.61. The molecule has 3 unspecified atom stereocenters. The molecule has 0 radical (unpaired) electrons. The second-order valence-corrected chi connectivity index (χ2v) is 11.5. The van der Waals surface area contributed by atoms with Crippen molar-refractivity contribution in [1.29, 1.82) is 0 Å². The van der Waals surface area contributed by atoms with Gasteiger partial charge in [0.15, 0.2) is 5.83 Å². The molecule has 3 heteroatoms. The Balaban J connectivity index is 1.23. The quantitative estimate of drug-likeness (QED) is 0.420. The summed E-state index contributed by atoms with van der Waals surface area (Å²) in [5.74, 6) is 2.52. The van der Waals surface area contributed by atoms with Crippen LogP contribution in [0.15, 0.2) is 23.3 Å². The lowest BCUT2D eigenvalue weighted by Gasteiger charge is -2.45. The topological polar surface area (TPSA) is 9.23 Å². The minimum absolute atomic E-state index is 0.283. The van der Waals surface area contributed by atoms with E-state index in [2.05, 4.69) is 6.92 Å². The second-order valence-electron chi connectivity index (χ2n) is 11.5. The second kappa shape index (κ2) is 10.1. The molecule has 0 spiro atoms. The lowest BCUT2D eigenvalue weighted by Crippen LogP contribution is -2.36. The van der Waals surface area contributed by atoms with E-state index in [0.717, 1.165) is 43.1 Å². The molecule has 1 nitrogen and oxygen atoms in total. The van der Waals surface area contributed by atoms with Crippen LogP contribution < -0.4 is 0 Å². The van der Waals surface area contributed by atoms with Gasteiger partial charge >= 0.3 is 0 Å². The van der Waals surface area contributed by atoms with Gasteiger partial charge in [0, 0.05) is 5.41 Å². The Labute approximate surface area is 189 Å². The van der Waals surface area contributed by atoms with Gasteiger partial charge in [-0.1, -0.05) is 26.3 Å². The molecule has 4 aliphatic rings. The molecule has 0 aromatic heterocycles. The Bertz CT molecular complexity index is 658. The van der Waals surface area contributed by atoms with Gasteiger partial charge in [-0.15, -0.1) is 0 Å². The van der Waals surface area contributed by atoms with Crippen LogP contribution in [0, 0.1) is 35.0 Å². The van der Waals surface area contributed by atoms with Crippen molar-refractivity contribution in [2.75, 3.05) is 6.61 Å². The third kappa shape index (κ3) is 4.97. The number of ether oxygens (including phenoxy) is 1. The van der Waals surface area contributed by atoms with Gasteiger partial charge in [0.2, 0.25) is 0 Å². The lowest BCUT2D eigenvalue weighted by atomic mass is 9.61. The van der Waals surface area contributed by atoms with Crippen molar-refractivity contribution in [2.24, 2.45) is 35.0 Å². The zero-order chi connectivity index (χ0) is 22.0. The molecular formula is C28H44F2O. The van der Waals surface area contributed by atoms with Crippen LogP contribution in [0.1, 0.15) is 104 Å². The predicted octanol–water partition coefficient (Wildman–Crippen LogP) is 8.70. The van der Waals surface area contributed by atoms with Crippen LogP contribution in [0.25, 0.3) is 0 Å². The number of halogens is 2. The fourth-order valence-electron chi connectivity index (χ4n) is 7.38. The first-order valence-corrected chi connectivity index (χ1v) is 13.3. The molecule has 1 heterocycles. The van der Waals surface area contributed by atoms with Crippen LogP contribution in [0.5, 0.6) is 0 Å². The number of hydrogen-bond acceptors (Lipinski definition) is 1. The van der Waals surface area contributed by atoms with Crippen LogP contribution in [-0.2, 0) is 4.74 Å². The first-order valence-electron chi connectivity index (χ1n) is 13.3. The molecule has 3 fully saturated rings. The Hall–Kier alpha value is -0.700. The van der Waals surface area contributed by atoms with E-state index >= 15 is 0 Å². The molecule has 1 saturated heterocycles. The van der Waals surface area contributed by atoms with Gasteiger partial charge in [-0.05, 0) is 119 Å². The zero-order valence-corrected chi connectivity index (χ0v) is 20.1. The first kappa shape index (κ1) is 23.5. The molecule has 4 rings (SSSR count). The Morgan fingerprint density at radius 1 is 0.871 bits per heavy atom. The molecule has 0 aromatic rings. The average Bonchev–Trinajstić information content (AvgIpc) is 2.81. The third-order valence-electron chi connectivity index (χ3n) is 9.71. The molecule has 2 saturated carbocycles. The summed E-state index contributed by atoms with van der Waals surface area (Å²) in [5, 5.41) is 0. The Morgan fingerprint density at radius 2 is 1.42 bits per heavy atom. The van der Waals surface area contributed by atoms with E-state index in [-0.39, 0.29) is 5.92 Å². The molecule has 176 valence electrons. The normalized spacial score (nSPS) is 42.4. The van der Waals surface area contributed by atoms with Crippen molar-refractivity contribution in [2.45, 2.75) is 110 Å². The Morgan fingerprint density at radius 3 is 1.97 bits per heavy atom. The SMILES string of the molecule is CCCC1CCC(C2CCC(C3CCC(C4(C)CC=C(C)C(F)=C4F)CC3)CC2)CO1. The summed E-state index contributed by atoms with van der Waals surface area (Å²) in [6, 6.07) is 0. The molecule has 3 atom stereocenters. The highest BCUT2D eigenvalue weighted by Gasteiger charge is 2.44. The number of hydrogen-bond donors (Lipinski definition) is 0. The van der Waals surface area contributed by atoms with Gasteiger partial charge in [0.1, 0.15) is 5.83 Å². The summed E-state index contributed by atoms with van der Waals surface area (Å²) in [6.07, 6.45) is 18.2. The fourth-order valence-corrected chi connectivity index (χ4v) is 7.38. The van der Waals surface area contributed by atoms with Crippen molar-refractivity contribution in [3.8, 4) is 0 Å². The summed E-state index contributed by atoms with van der Waals surface area (Å²) in [5.41, 5.74) is -0.146. The monoisotopic (exact) mass is 434 g/mol. The maximum atomic E-state index is 14.9. The van der Waals surface area contributed by atoms with Gasteiger partial charge in [-0.25, -0.2) is 8.78 Å². The van der Waals surface area contributed by atoms with E-state index in [0.29, 0.717) is 18.1 Å². The molecule has 0 N–H and O–H groups in total. The highest BCUT2D eigenvalue weighted by Crippen LogP contribution is 2.53. The van der Waals surface area contributed by atoms with Crippen molar-refractivity contribution < 1.29 is 13.5 Å². The van der Waals surface area contributed by atoms with E-state index in [9.17, 15) is 8.78 Å². The van der Waals surface area contributed by atoms with Gasteiger partial charge in [0.25, 0.3) is 0 Å². The number of rotatable bonds is 5. The van der Waals surface area contributed by atoms with Crippen LogP contribution >= 0.6 is 0 Å². The van der Waals surface area contributed by atoms with Gasteiger partial charge < -0.3 is 4.74 Å². The van der Waals surface area contributed by atoms with Crippen molar-refractivity contribution in [3.63, 3.8) is 0 Å². The molecule has 3 aliphatic carbocycles. The van der Waals surface area contributed by atoms with E-state index in [1.165, 1.54) is 64.2 Å². The van der Waals surface area contributed by atoms with E-state index in [4.69, 9.17) is 4.74 Å². The first-order chi connectivity index (χ1) is 14.9. The summed E-state index contributed by atoms with van der Waals surface area (Å²) in [6.45, 7) is 6.89. The van der Waals surface area contributed by atoms with E-state index < -0.39 is 17.1 Å². The molecule has 0 amide bonds. The van der Waals surface area contributed by atoms with Gasteiger partial charge in [-0.3, -0.25) is 0 Å². The summed E-state index contributed by atoms with van der Waals surface area (Å²) in [7, 11) is 0. The van der Waals surface area contributed by atoms with Crippen molar-refractivity contribution in [3.05, 3.63) is 23.3 Å².